The van der Waals surface area contributed by atoms with Gasteiger partial charge in [0.2, 0.25) is 17.6 Å². The predicted octanol–water partition coefficient (Wildman–Crippen LogP) is 3.99. The minimum Gasteiger partial charge on any atom is -0.495 e. The van der Waals surface area contributed by atoms with Crippen LogP contribution in [0.25, 0.3) is 0 Å². The molecule has 0 bridgehead atoms. The summed E-state index contributed by atoms with van der Waals surface area (Å²) in [6, 6.07) is 17.5. The molecule has 0 aliphatic carbocycles. The van der Waals surface area contributed by atoms with E-state index in [9.17, 15) is 9.59 Å². The third kappa shape index (κ3) is 6.08. The first-order chi connectivity index (χ1) is 19.9. The summed E-state index contributed by atoms with van der Waals surface area (Å²) in [5.41, 5.74) is 14.5. The number of hydrogen-bond donors (Lipinski definition) is 3. The Morgan fingerprint density at radius 1 is 0.878 bits per heavy atom. The van der Waals surface area contributed by atoms with Crippen molar-refractivity contribution in [3.63, 3.8) is 0 Å². The quantitative estimate of drug-likeness (QED) is 0.210. The van der Waals surface area contributed by atoms with Crippen LogP contribution in [0.5, 0.6) is 23.0 Å². The highest BCUT2D eigenvalue weighted by atomic mass is 16.5. The fourth-order valence-corrected chi connectivity index (χ4v) is 5.18. The highest BCUT2D eigenvalue weighted by molar-refractivity contribution is 6.07. The van der Waals surface area contributed by atoms with Crippen molar-refractivity contribution in [1.82, 2.24) is 0 Å². The number of amides is 2. The Bertz CT molecular complexity index is 1340. The van der Waals surface area contributed by atoms with E-state index in [4.69, 9.17) is 30.4 Å². The third-order valence-electron chi connectivity index (χ3n) is 7.31. The number of anilines is 2. The number of carbonyl (C=O) groups excluding carboxylic acids is 2. The molecule has 218 valence electrons. The zero-order valence-corrected chi connectivity index (χ0v) is 23.9. The standard InChI is InChI=1S/C31H38N4O6/c1-38-24-14-13-20(16-23(24)34-30(36)22(33)12-8-9-15-32)28-27(19-10-6-5-7-11-19)31(37)35(28)21-17-25(39-2)29(41-4)26(18-21)40-3/h5-7,10-11,13-14,16-18,22,27-28H,8-9,12,15,32-33H2,1-4H3,(H,34,36)/t22-,27-,28-/m0/s1. The van der Waals surface area contributed by atoms with E-state index in [1.54, 1.807) is 23.1 Å². The van der Waals surface area contributed by atoms with Crippen molar-refractivity contribution in [1.29, 1.82) is 0 Å². The van der Waals surface area contributed by atoms with Gasteiger partial charge in [-0.25, -0.2) is 0 Å². The SMILES string of the molecule is COc1ccc([C@H]2[C@H](c3ccccc3)C(=O)N2c2cc(OC)c(OC)c(OC)c2)cc1NC(=O)[C@@H](N)CCCCN. The van der Waals surface area contributed by atoms with Gasteiger partial charge in [0.15, 0.2) is 11.5 Å². The molecule has 2 amide bonds. The smallest absolute Gasteiger partial charge is 0.241 e. The van der Waals surface area contributed by atoms with Gasteiger partial charge in [0.25, 0.3) is 0 Å². The summed E-state index contributed by atoms with van der Waals surface area (Å²) in [5.74, 6) is 0.927. The van der Waals surface area contributed by atoms with Gasteiger partial charge in [0, 0.05) is 12.1 Å². The van der Waals surface area contributed by atoms with Gasteiger partial charge in [-0.1, -0.05) is 42.8 Å². The Morgan fingerprint density at radius 2 is 1.54 bits per heavy atom. The molecule has 0 radical (unpaired) electrons. The largest absolute Gasteiger partial charge is 0.495 e. The maximum Gasteiger partial charge on any atom is 0.241 e. The Morgan fingerprint density at radius 3 is 2.12 bits per heavy atom. The fraction of sp³-hybridized carbons (Fsp3) is 0.355. The summed E-state index contributed by atoms with van der Waals surface area (Å²) in [7, 11) is 6.12. The molecular weight excluding hydrogens is 524 g/mol. The van der Waals surface area contributed by atoms with E-state index in [0.29, 0.717) is 47.3 Å². The molecular formula is C31H38N4O6. The van der Waals surface area contributed by atoms with Crippen molar-refractivity contribution in [2.75, 3.05) is 45.2 Å². The second-order valence-electron chi connectivity index (χ2n) is 9.76. The van der Waals surface area contributed by atoms with Crippen molar-refractivity contribution in [3.05, 3.63) is 71.8 Å². The first-order valence-electron chi connectivity index (χ1n) is 13.5. The summed E-state index contributed by atoms with van der Waals surface area (Å²) in [6.45, 7) is 0.551. The molecule has 41 heavy (non-hydrogen) atoms. The third-order valence-corrected chi connectivity index (χ3v) is 7.31. The molecule has 1 heterocycles. The Kier molecular flexibility index (Phi) is 9.69. The molecule has 5 N–H and O–H groups in total. The van der Waals surface area contributed by atoms with Crippen LogP contribution in [0.3, 0.4) is 0 Å². The first kappa shape index (κ1) is 29.7. The Labute approximate surface area is 240 Å². The molecule has 0 aromatic heterocycles. The number of nitrogens with zero attached hydrogens (tertiary/aromatic N) is 1. The predicted molar refractivity (Wildman–Crippen MR) is 158 cm³/mol. The van der Waals surface area contributed by atoms with Gasteiger partial charge in [-0.2, -0.15) is 0 Å². The lowest BCUT2D eigenvalue weighted by atomic mass is 9.77. The lowest BCUT2D eigenvalue weighted by Crippen LogP contribution is -2.53. The van der Waals surface area contributed by atoms with Gasteiger partial charge >= 0.3 is 0 Å². The number of carbonyl (C=O) groups is 2. The molecule has 4 rings (SSSR count). The summed E-state index contributed by atoms with van der Waals surface area (Å²) >= 11 is 0. The van der Waals surface area contributed by atoms with Gasteiger partial charge < -0.3 is 40.6 Å². The van der Waals surface area contributed by atoms with Crippen molar-refractivity contribution < 1.29 is 28.5 Å². The van der Waals surface area contributed by atoms with E-state index in [1.165, 1.54) is 28.4 Å². The van der Waals surface area contributed by atoms with Gasteiger partial charge in [0.05, 0.1) is 57.8 Å². The first-order valence-corrected chi connectivity index (χ1v) is 13.5. The lowest BCUT2D eigenvalue weighted by molar-refractivity contribution is -0.126. The summed E-state index contributed by atoms with van der Waals surface area (Å²) in [6.07, 6.45) is 2.08. The van der Waals surface area contributed by atoms with Crippen LogP contribution in [0.1, 0.15) is 42.3 Å². The number of rotatable bonds is 13. The second kappa shape index (κ2) is 13.4. The van der Waals surface area contributed by atoms with Gasteiger partial charge in [-0.3, -0.25) is 9.59 Å². The van der Waals surface area contributed by atoms with Crippen LogP contribution >= 0.6 is 0 Å². The number of β-lactam (4-membered cyclic amide) rings is 1. The van der Waals surface area contributed by atoms with Gasteiger partial charge in [0.1, 0.15) is 5.75 Å². The van der Waals surface area contributed by atoms with E-state index in [0.717, 1.165) is 24.0 Å². The molecule has 0 saturated carbocycles. The van der Waals surface area contributed by atoms with E-state index < -0.39 is 18.0 Å². The highest BCUT2D eigenvalue weighted by Crippen LogP contribution is 2.52. The number of benzene rings is 3. The zero-order chi connectivity index (χ0) is 29.5. The second-order valence-corrected chi connectivity index (χ2v) is 9.76. The number of ether oxygens (including phenoxy) is 4. The van der Waals surface area contributed by atoms with Crippen molar-refractivity contribution in [2.24, 2.45) is 11.5 Å². The molecule has 1 saturated heterocycles. The number of nitrogens with two attached hydrogens (primary N) is 2. The monoisotopic (exact) mass is 562 g/mol. The lowest BCUT2D eigenvalue weighted by Gasteiger charge is -2.48. The molecule has 1 fully saturated rings. The van der Waals surface area contributed by atoms with E-state index >= 15 is 0 Å². The normalized spacial score (nSPS) is 16.9. The molecule has 10 heteroatoms. The van der Waals surface area contributed by atoms with Crippen LogP contribution in [0.2, 0.25) is 0 Å². The van der Waals surface area contributed by atoms with Crippen LogP contribution in [-0.2, 0) is 9.59 Å². The minimum absolute atomic E-state index is 0.0844. The summed E-state index contributed by atoms with van der Waals surface area (Å²) in [5, 5.41) is 2.92. The molecule has 0 unspecified atom stereocenters. The average Bonchev–Trinajstić information content (AvgIpc) is 2.99. The van der Waals surface area contributed by atoms with Crippen molar-refractivity contribution >= 4 is 23.2 Å². The maximum absolute atomic E-state index is 13.8. The van der Waals surface area contributed by atoms with Gasteiger partial charge in [-0.15, -0.1) is 0 Å². The van der Waals surface area contributed by atoms with Gasteiger partial charge in [-0.05, 0) is 42.6 Å². The summed E-state index contributed by atoms with van der Waals surface area (Å²) in [4.78, 5) is 28.4. The Hall–Kier alpha value is -4.28. The van der Waals surface area contributed by atoms with Crippen LogP contribution in [0.15, 0.2) is 60.7 Å². The van der Waals surface area contributed by atoms with Crippen LogP contribution in [0, 0.1) is 0 Å². The van der Waals surface area contributed by atoms with Crippen molar-refractivity contribution in [3.8, 4) is 23.0 Å². The van der Waals surface area contributed by atoms with Crippen LogP contribution in [0.4, 0.5) is 11.4 Å². The molecule has 1 aliphatic heterocycles. The molecule has 3 aromatic carbocycles. The number of hydrogen-bond acceptors (Lipinski definition) is 8. The number of methoxy groups -OCH3 is 4. The highest BCUT2D eigenvalue weighted by Gasteiger charge is 2.50. The van der Waals surface area contributed by atoms with Crippen LogP contribution < -0.4 is 40.6 Å². The van der Waals surface area contributed by atoms with E-state index in [2.05, 4.69) is 5.32 Å². The molecule has 3 atom stereocenters. The Balaban J connectivity index is 1.75. The van der Waals surface area contributed by atoms with Crippen LogP contribution in [-0.4, -0.2) is 52.8 Å². The van der Waals surface area contributed by atoms with Crippen molar-refractivity contribution in [2.45, 2.75) is 37.3 Å². The molecule has 3 aromatic rings. The fourth-order valence-electron chi connectivity index (χ4n) is 5.18. The zero-order valence-electron chi connectivity index (χ0n) is 23.9. The van der Waals surface area contributed by atoms with E-state index in [1.807, 2.05) is 42.5 Å². The minimum atomic E-state index is -0.687. The topological polar surface area (TPSA) is 138 Å². The summed E-state index contributed by atoms with van der Waals surface area (Å²) < 4.78 is 22.1. The molecule has 0 spiro atoms. The van der Waals surface area contributed by atoms with E-state index in [-0.39, 0.29) is 11.8 Å². The maximum atomic E-state index is 13.8. The molecule has 1 aliphatic rings. The number of nitrogens with one attached hydrogen (secondary N) is 1. The number of unbranched alkanes of at least 4 members (excludes halogenated alkanes) is 1. The molecule has 10 nitrogen and oxygen atoms in total. The average molecular weight is 563 g/mol.